The van der Waals surface area contributed by atoms with Gasteiger partial charge in [-0.05, 0) is 27.2 Å². The molecule has 88 valence electrons. The molecule has 1 aliphatic heterocycles. The molecule has 1 aromatic rings. The van der Waals surface area contributed by atoms with Crippen molar-refractivity contribution in [2.45, 2.75) is 39.3 Å². The number of aryl methyl sites for hydroxylation is 1. The fourth-order valence-electron chi connectivity index (χ4n) is 1.50. The SMILES string of the molecule is Cc1ncc(CN=C2NC(C)(C)CCS2)s1. The molecule has 0 unspecified atom stereocenters. The molecule has 2 rings (SSSR count). The first-order valence-corrected chi connectivity index (χ1v) is 7.22. The van der Waals surface area contributed by atoms with Crippen molar-refractivity contribution in [3.05, 3.63) is 16.1 Å². The molecule has 0 atom stereocenters. The second-order valence-electron chi connectivity index (χ2n) is 4.57. The monoisotopic (exact) mass is 255 g/mol. The molecule has 5 heteroatoms. The molecule has 0 amide bonds. The van der Waals surface area contributed by atoms with Gasteiger partial charge in [-0.3, -0.25) is 4.99 Å². The van der Waals surface area contributed by atoms with E-state index in [1.807, 2.05) is 24.9 Å². The maximum absolute atomic E-state index is 4.60. The standard InChI is InChI=1S/C11H17N3S2/c1-8-12-6-9(16-8)7-13-10-14-11(2,3)4-5-15-10/h6H,4-5,7H2,1-3H3,(H,13,14). The first-order chi connectivity index (χ1) is 7.55. The average molecular weight is 255 g/mol. The molecule has 0 aromatic carbocycles. The lowest BCUT2D eigenvalue weighted by molar-refractivity contribution is 0.446. The first kappa shape index (κ1) is 11.9. The lowest BCUT2D eigenvalue weighted by Gasteiger charge is -2.32. The Balaban J connectivity index is 1.97. The summed E-state index contributed by atoms with van der Waals surface area (Å²) in [6.07, 6.45) is 3.11. The maximum Gasteiger partial charge on any atom is 0.157 e. The molecule has 1 saturated heterocycles. The molecule has 0 saturated carbocycles. The van der Waals surface area contributed by atoms with E-state index in [2.05, 4.69) is 29.1 Å². The molecule has 16 heavy (non-hydrogen) atoms. The Kier molecular flexibility index (Phi) is 3.54. The van der Waals surface area contributed by atoms with Gasteiger partial charge in [0.2, 0.25) is 0 Å². The second kappa shape index (κ2) is 4.75. The van der Waals surface area contributed by atoms with Crippen LogP contribution in [0.3, 0.4) is 0 Å². The molecule has 1 N–H and O–H groups in total. The van der Waals surface area contributed by atoms with Crippen molar-refractivity contribution >= 4 is 28.3 Å². The Hall–Kier alpha value is -0.550. The lowest BCUT2D eigenvalue weighted by atomic mass is 10.0. The van der Waals surface area contributed by atoms with Crippen LogP contribution in [0.1, 0.15) is 30.2 Å². The van der Waals surface area contributed by atoms with Crippen LogP contribution >= 0.6 is 23.1 Å². The van der Waals surface area contributed by atoms with E-state index in [1.165, 1.54) is 11.3 Å². The predicted molar refractivity (Wildman–Crippen MR) is 72.3 cm³/mol. The second-order valence-corrected chi connectivity index (χ2v) is 6.98. The van der Waals surface area contributed by atoms with Crippen LogP contribution in [-0.4, -0.2) is 21.4 Å². The van der Waals surface area contributed by atoms with Crippen LogP contribution in [0.5, 0.6) is 0 Å². The van der Waals surface area contributed by atoms with Crippen molar-refractivity contribution in [3.8, 4) is 0 Å². The summed E-state index contributed by atoms with van der Waals surface area (Å²) in [4.78, 5) is 10.1. The molecular weight excluding hydrogens is 238 g/mol. The van der Waals surface area contributed by atoms with Gasteiger partial charge in [0, 0.05) is 22.4 Å². The number of thioether (sulfide) groups is 1. The number of rotatable bonds is 2. The Morgan fingerprint density at radius 1 is 1.56 bits per heavy atom. The zero-order valence-electron chi connectivity index (χ0n) is 9.91. The Bertz CT molecular complexity index is 396. The number of amidine groups is 1. The van der Waals surface area contributed by atoms with E-state index in [0.29, 0.717) is 0 Å². The van der Waals surface area contributed by atoms with Gasteiger partial charge >= 0.3 is 0 Å². The van der Waals surface area contributed by atoms with Crippen LogP contribution in [0, 0.1) is 6.92 Å². The summed E-state index contributed by atoms with van der Waals surface area (Å²) in [5.41, 5.74) is 0.188. The highest BCUT2D eigenvalue weighted by Crippen LogP contribution is 2.22. The van der Waals surface area contributed by atoms with Crippen molar-refractivity contribution in [2.75, 3.05) is 5.75 Å². The maximum atomic E-state index is 4.60. The molecule has 0 spiro atoms. The van der Waals surface area contributed by atoms with Gasteiger partial charge in [0.05, 0.1) is 11.6 Å². The molecule has 0 aliphatic carbocycles. The van der Waals surface area contributed by atoms with Gasteiger partial charge < -0.3 is 5.32 Å². The molecule has 1 fully saturated rings. The van der Waals surface area contributed by atoms with E-state index in [-0.39, 0.29) is 5.54 Å². The summed E-state index contributed by atoms with van der Waals surface area (Å²) in [6, 6.07) is 0. The minimum absolute atomic E-state index is 0.188. The van der Waals surface area contributed by atoms with Crippen LogP contribution in [-0.2, 0) is 6.54 Å². The quantitative estimate of drug-likeness (QED) is 0.883. The third-order valence-corrected chi connectivity index (χ3v) is 4.27. The van der Waals surface area contributed by atoms with Crippen molar-refractivity contribution < 1.29 is 0 Å². The molecule has 0 radical (unpaired) electrons. The van der Waals surface area contributed by atoms with Gasteiger partial charge in [-0.15, -0.1) is 11.3 Å². The van der Waals surface area contributed by atoms with Gasteiger partial charge in [0.25, 0.3) is 0 Å². The lowest BCUT2D eigenvalue weighted by Crippen LogP contribution is -2.46. The Morgan fingerprint density at radius 3 is 3.00 bits per heavy atom. The summed E-state index contributed by atoms with van der Waals surface area (Å²) < 4.78 is 0. The average Bonchev–Trinajstić information content (AvgIpc) is 2.60. The summed E-state index contributed by atoms with van der Waals surface area (Å²) in [7, 11) is 0. The van der Waals surface area contributed by atoms with E-state index in [9.17, 15) is 0 Å². The third kappa shape index (κ3) is 3.22. The third-order valence-electron chi connectivity index (χ3n) is 2.46. The smallest absolute Gasteiger partial charge is 0.157 e. The Labute approximate surface area is 105 Å². The van der Waals surface area contributed by atoms with Gasteiger partial charge in [0.15, 0.2) is 5.17 Å². The fourth-order valence-corrected chi connectivity index (χ4v) is 3.53. The molecule has 1 aromatic heterocycles. The van der Waals surface area contributed by atoms with E-state index in [4.69, 9.17) is 0 Å². The molecular formula is C11H17N3S2. The van der Waals surface area contributed by atoms with Crippen molar-refractivity contribution in [3.63, 3.8) is 0 Å². The number of aliphatic imine (C=N–C) groups is 1. The number of nitrogens with zero attached hydrogens (tertiary/aromatic N) is 2. The van der Waals surface area contributed by atoms with E-state index < -0.39 is 0 Å². The van der Waals surface area contributed by atoms with Gasteiger partial charge in [-0.25, -0.2) is 4.98 Å². The molecule has 2 heterocycles. The van der Waals surface area contributed by atoms with Gasteiger partial charge in [0.1, 0.15) is 0 Å². The number of thiazole rings is 1. The van der Waals surface area contributed by atoms with Crippen LogP contribution in [0.15, 0.2) is 11.2 Å². The zero-order chi connectivity index (χ0) is 11.6. The summed E-state index contributed by atoms with van der Waals surface area (Å²) >= 11 is 3.54. The highest BCUT2D eigenvalue weighted by atomic mass is 32.2. The highest BCUT2D eigenvalue weighted by molar-refractivity contribution is 8.13. The number of nitrogens with one attached hydrogen (secondary N) is 1. The van der Waals surface area contributed by atoms with Crippen LogP contribution in [0.4, 0.5) is 0 Å². The largest absolute Gasteiger partial charge is 0.360 e. The minimum atomic E-state index is 0.188. The highest BCUT2D eigenvalue weighted by Gasteiger charge is 2.23. The number of hydrogen-bond acceptors (Lipinski definition) is 4. The molecule has 0 bridgehead atoms. The van der Waals surface area contributed by atoms with Gasteiger partial charge in [-0.1, -0.05) is 11.8 Å². The first-order valence-electron chi connectivity index (χ1n) is 5.42. The van der Waals surface area contributed by atoms with Gasteiger partial charge in [-0.2, -0.15) is 0 Å². The molecule has 1 aliphatic rings. The summed E-state index contributed by atoms with van der Waals surface area (Å²) in [5, 5.41) is 5.65. The Morgan fingerprint density at radius 2 is 2.38 bits per heavy atom. The fraction of sp³-hybridized carbons (Fsp3) is 0.636. The van der Waals surface area contributed by atoms with E-state index >= 15 is 0 Å². The topological polar surface area (TPSA) is 37.3 Å². The van der Waals surface area contributed by atoms with E-state index in [1.54, 1.807) is 11.3 Å². The van der Waals surface area contributed by atoms with Crippen molar-refractivity contribution in [2.24, 2.45) is 4.99 Å². The normalized spacial score (nSPS) is 22.1. The number of aromatic nitrogens is 1. The number of hydrogen-bond donors (Lipinski definition) is 1. The summed E-state index contributed by atoms with van der Waals surface area (Å²) in [6.45, 7) is 7.22. The predicted octanol–water partition coefficient (Wildman–Crippen LogP) is 2.81. The summed E-state index contributed by atoms with van der Waals surface area (Å²) in [5.74, 6) is 1.15. The van der Waals surface area contributed by atoms with Crippen LogP contribution in [0.2, 0.25) is 0 Å². The van der Waals surface area contributed by atoms with Crippen LogP contribution < -0.4 is 5.32 Å². The van der Waals surface area contributed by atoms with Crippen molar-refractivity contribution in [1.82, 2.24) is 10.3 Å². The van der Waals surface area contributed by atoms with Crippen LogP contribution in [0.25, 0.3) is 0 Å². The zero-order valence-corrected chi connectivity index (χ0v) is 11.5. The van der Waals surface area contributed by atoms with E-state index in [0.717, 1.165) is 22.5 Å². The minimum Gasteiger partial charge on any atom is -0.360 e. The molecule has 3 nitrogen and oxygen atoms in total. The van der Waals surface area contributed by atoms with Crippen molar-refractivity contribution in [1.29, 1.82) is 0 Å².